The number of hydrogen-bond acceptors (Lipinski definition) is 3. The number of nitrogens with one attached hydrogen (secondary N) is 3. The molecule has 1 aromatic carbocycles. The first-order valence-corrected chi connectivity index (χ1v) is 5.83. The highest BCUT2D eigenvalue weighted by molar-refractivity contribution is 6.33. The van der Waals surface area contributed by atoms with Gasteiger partial charge in [-0.25, -0.2) is 0 Å². The van der Waals surface area contributed by atoms with Crippen LogP contribution in [0.2, 0.25) is 0 Å². The SMILES string of the molecule is [B]c1ccc2cc(Nc3cc(C)[nH]n3)[nH]c(=O)c2c1. The molecule has 2 radical (unpaired) electrons. The molecule has 5 nitrogen and oxygen atoms in total. The molecule has 3 N–H and O–H groups in total. The summed E-state index contributed by atoms with van der Waals surface area (Å²) in [6.45, 7) is 1.91. The number of rotatable bonds is 2. The highest BCUT2D eigenvalue weighted by Crippen LogP contribution is 2.15. The van der Waals surface area contributed by atoms with Gasteiger partial charge in [0.2, 0.25) is 0 Å². The minimum atomic E-state index is -0.181. The fourth-order valence-electron chi connectivity index (χ4n) is 1.97. The molecule has 0 bridgehead atoms. The number of benzene rings is 1. The number of fused-ring (bicyclic) bond motifs is 1. The lowest BCUT2D eigenvalue weighted by Crippen LogP contribution is -2.12. The van der Waals surface area contributed by atoms with Crippen LogP contribution in [0.1, 0.15) is 5.69 Å². The van der Waals surface area contributed by atoms with Gasteiger partial charge in [-0.2, -0.15) is 5.10 Å². The molecule has 19 heavy (non-hydrogen) atoms. The summed E-state index contributed by atoms with van der Waals surface area (Å²) in [6.07, 6.45) is 0. The van der Waals surface area contributed by atoms with E-state index in [1.807, 2.05) is 25.1 Å². The van der Waals surface area contributed by atoms with Crippen molar-refractivity contribution >= 4 is 35.7 Å². The molecule has 3 aromatic rings. The summed E-state index contributed by atoms with van der Waals surface area (Å²) >= 11 is 0. The van der Waals surface area contributed by atoms with Gasteiger partial charge in [-0.15, -0.1) is 0 Å². The minimum absolute atomic E-state index is 0.181. The van der Waals surface area contributed by atoms with Gasteiger partial charge in [0.25, 0.3) is 5.56 Å². The molecular weight excluding hydrogens is 239 g/mol. The molecule has 0 fully saturated rings. The third-order valence-corrected chi connectivity index (χ3v) is 2.84. The number of pyridine rings is 1. The van der Waals surface area contributed by atoms with Crippen molar-refractivity contribution in [3.05, 3.63) is 46.4 Å². The van der Waals surface area contributed by atoms with Crippen LogP contribution in [0, 0.1) is 6.92 Å². The molecule has 0 spiro atoms. The van der Waals surface area contributed by atoms with E-state index in [1.165, 1.54) is 0 Å². The summed E-state index contributed by atoms with van der Waals surface area (Å²) < 4.78 is 0. The summed E-state index contributed by atoms with van der Waals surface area (Å²) in [5.41, 5.74) is 1.33. The fourth-order valence-corrected chi connectivity index (χ4v) is 1.97. The molecule has 6 heteroatoms. The van der Waals surface area contributed by atoms with Crippen molar-refractivity contribution in [1.29, 1.82) is 0 Å². The molecule has 92 valence electrons. The van der Waals surface area contributed by atoms with E-state index in [9.17, 15) is 4.79 Å². The number of aromatic nitrogens is 3. The maximum absolute atomic E-state index is 12.0. The molecule has 0 saturated carbocycles. The van der Waals surface area contributed by atoms with Gasteiger partial charge in [0, 0.05) is 17.1 Å². The van der Waals surface area contributed by atoms with Crippen molar-refractivity contribution in [1.82, 2.24) is 15.2 Å². The predicted octanol–water partition coefficient (Wildman–Crippen LogP) is 1.10. The Labute approximate surface area is 110 Å². The largest absolute Gasteiger partial charge is 0.325 e. The van der Waals surface area contributed by atoms with E-state index in [1.54, 1.807) is 12.1 Å². The lowest BCUT2D eigenvalue weighted by Gasteiger charge is -2.05. The van der Waals surface area contributed by atoms with Crippen LogP contribution in [0.3, 0.4) is 0 Å². The van der Waals surface area contributed by atoms with E-state index in [0.29, 0.717) is 22.5 Å². The molecule has 0 aliphatic carbocycles. The Morgan fingerprint density at radius 1 is 1.26 bits per heavy atom. The first-order valence-electron chi connectivity index (χ1n) is 5.83. The van der Waals surface area contributed by atoms with E-state index in [0.717, 1.165) is 11.1 Å². The zero-order chi connectivity index (χ0) is 13.4. The Balaban J connectivity index is 2.06. The fraction of sp³-hybridized carbons (Fsp3) is 0.0769. The number of nitrogens with zero attached hydrogens (tertiary/aromatic N) is 1. The number of H-pyrrole nitrogens is 2. The second kappa shape index (κ2) is 4.31. The predicted molar refractivity (Wildman–Crippen MR) is 76.6 cm³/mol. The van der Waals surface area contributed by atoms with Crippen LogP contribution in [0.25, 0.3) is 10.8 Å². The molecule has 0 aliphatic rings. The topological polar surface area (TPSA) is 73.6 Å². The second-order valence-electron chi connectivity index (χ2n) is 4.42. The van der Waals surface area contributed by atoms with Gasteiger partial charge in [-0.3, -0.25) is 9.89 Å². The van der Waals surface area contributed by atoms with Crippen LogP contribution in [-0.2, 0) is 0 Å². The second-order valence-corrected chi connectivity index (χ2v) is 4.42. The van der Waals surface area contributed by atoms with Gasteiger partial charge in [0.05, 0.1) is 0 Å². The van der Waals surface area contributed by atoms with Crippen LogP contribution < -0.4 is 16.3 Å². The van der Waals surface area contributed by atoms with E-state index in [2.05, 4.69) is 20.5 Å². The Kier molecular flexibility index (Phi) is 2.63. The zero-order valence-corrected chi connectivity index (χ0v) is 10.3. The standard InChI is InChI=1S/C13H11BN4O/c1-7-4-12(18-17-7)15-11-5-8-2-3-9(14)6-10(8)13(19)16-11/h2-6H,1H3,(H3,15,16,17,18,19). The quantitative estimate of drug-likeness (QED) is 0.596. The molecule has 0 saturated heterocycles. The Morgan fingerprint density at radius 2 is 2.11 bits per heavy atom. The number of aromatic amines is 2. The minimum Gasteiger partial charge on any atom is -0.325 e. The van der Waals surface area contributed by atoms with E-state index < -0.39 is 0 Å². The van der Waals surface area contributed by atoms with Crippen LogP contribution in [0.15, 0.2) is 35.1 Å². The molecule has 0 atom stereocenters. The van der Waals surface area contributed by atoms with Gasteiger partial charge in [-0.1, -0.05) is 23.7 Å². The molecule has 3 rings (SSSR count). The van der Waals surface area contributed by atoms with E-state index in [-0.39, 0.29) is 5.56 Å². The smallest absolute Gasteiger partial charge is 0.257 e. The third-order valence-electron chi connectivity index (χ3n) is 2.84. The van der Waals surface area contributed by atoms with E-state index >= 15 is 0 Å². The maximum atomic E-state index is 12.0. The average Bonchev–Trinajstić information content (AvgIpc) is 2.76. The summed E-state index contributed by atoms with van der Waals surface area (Å²) in [4.78, 5) is 14.7. The van der Waals surface area contributed by atoms with Gasteiger partial charge in [-0.05, 0) is 18.4 Å². The Hall–Kier alpha value is -2.50. The molecular formula is C13H11BN4O. The highest BCUT2D eigenvalue weighted by Gasteiger charge is 2.04. The lowest BCUT2D eigenvalue weighted by atomic mass is 9.94. The maximum Gasteiger partial charge on any atom is 0.257 e. The number of aryl methyl sites for hydroxylation is 1. The van der Waals surface area contributed by atoms with Crippen molar-refractivity contribution in [3.8, 4) is 0 Å². The van der Waals surface area contributed by atoms with Crippen molar-refractivity contribution in [3.63, 3.8) is 0 Å². The monoisotopic (exact) mass is 250 g/mol. The zero-order valence-electron chi connectivity index (χ0n) is 10.3. The van der Waals surface area contributed by atoms with Crippen molar-refractivity contribution < 1.29 is 0 Å². The van der Waals surface area contributed by atoms with E-state index in [4.69, 9.17) is 7.85 Å². The van der Waals surface area contributed by atoms with Gasteiger partial charge >= 0.3 is 0 Å². The van der Waals surface area contributed by atoms with Crippen LogP contribution >= 0.6 is 0 Å². The molecule has 0 aliphatic heterocycles. The van der Waals surface area contributed by atoms with Crippen LogP contribution in [0.5, 0.6) is 0 Å². The van der Waals surface area contributed by atoms with Crippen LogP contribution in [-0.4, -0.2) is 23.0 Å². The molecule has 2 aromatic heterocycles. The first-order chi connectivity index (χ1) is 9.11. The Morgan fingerprint density at radius 3 is 2.84 bits per heavy atom. The highest BCUT2D eigenvalue weighted by atomic mass is 16.1. The lowest BCUT2D eigenvalue weighted by molar-refractivity contribution is 1.05. The Bertz CT molecular complexity index is 806. The normalized spacial score (nSPS) is 10.8. The summed E-state index contributed by atoms with van der Waals surface area (Å²) in [7, 11) is 5.67. The summed E-state index contributed by atoms with van der Waals surface area (Å²) in [6, 6.07) is 8.95. The number of hydrogen-bond donors (Lipinski definition) is 3. The van der Waals surface area contributed by atoms with Crippen LogP contribution in [0.4, 0.5) is 11.6 Å². The third kappa shape index (κ3) is 2.24. The molecule has 0 amide bonds. The molecule has 0 unspecified atom stereocenters. The van der Waals surface area contributed by atoms with Crippen molar-refractivity contribution in [2.24, 2.45) is 0 Å². The first kappa shape index (κ1) is 11.6. The van der Waals surface area contributed by atoms with Crippen molar-refractivity contribution in [2.45, 2.75) is 6.92 Å². The average molecular weight is 250 g/mol. The number of anilines is 2. The summed E-state index contributed by atoms with van der Waals surface area (Å²) in [5.74, 6) is 1.25. The van der Waals surface area contributed by atoms with Gasteiger partial charge in [0.15, 0.2) is 5.82 Å². The summed E-state index contributed by atoms with van der Waals surface area (Å²) in [5, 5.41) is 11.3. The van der Waals surface area contributed by atoms with Gasteiger partial charge in [0.1, 0.15) is 13.7 Å². The molecule has 2 heterocycles. The van der Waals surface area contributed by atoms with Crippen molar-refractivity contribution in [2.75, 3.05) is 5.32 Å². The van der Waals surface area contributed by atoms with Gasteiger partial charge < -0.3 is 10.3 Å².